The normalized spacial score (nSPS) is 11.2. The smallest absolute Gasteiger partial charge is 0.0151 e. The predicted octanol–water partition coefficient (Wildman–Crippen LogP) is 6.35. The van der Waals surface area contributed by atoms with Gasteiger partial charge in [0.2, 0.25) is 0 Å². The average molecular weight is 433 g/mol. The summed E-state index contributed by atoms with van der Waals surface area (Å²) in [5.41, 5.74) is 0. The van der Waals surface area contributed by atoms with Crippen molar-refractivity contribution in [1.29, 1.82) is 0 Å². The average Bonchev–Trinajstić information content (AvgIpc) is 2.61. The summed E-state index contributed by atoms with van der Waals surface area (Å²) in [7, 11) is 0. The minimum atomic E-state index is 0.969. The molecule has 0 unspecified atom stereocenters. The molecule has 0 fully saturated rings. The molecule has 0 aliphatic carbocycles. The topological polar surface area (TPSA) is 0 Å². The Morgan fingerprint density at radius 1 is 0.708 bits per heavy atom. The first-order valence-corrected chi connectivity index (χ1v) is 13.6. The third-order valence-electron chi connectivity index (χ3n) is 3.26. The molecular weight excluding hydrogens is 409 g/mol. The van der Waals surface area contributed by atoms with E-state index in [1.807, 2.05) is 47.0 Å². The van der Waals surface area contributed by atoms with Crippen LogP contribution < -0.4 is 0 Å². The van der Waals surface area contributed by atoms with Crippen molar-refractivity contribution in [2.75, 3.05) is 46.0 Å². The number of benzene rings is 2. The minimum absolute atomic E-state index is 0.969. The quantitative estimate of drug-likeness (QED) is 0.228. The Labute approximate surface area is 174 Å². The lowest BCUT2D eigenvalue weighted by Gasteiger charge is -2.08. The summed E-state index contributed by atoms with van der Waals surface area (Å²) < 4.78 is 0. The zero-order chi connectivity index (χ0) is 17.0. The Kier molecular flexibility index (Phi) is 11.5. The van der Waals surface area contributed by atoms with Gasteiger partial charge < -0.3 is 0 Å². The molecule has 0 bridgehead atoms. The van der Waals surface area contributed by atoms with Crippen molar-refractivity contribution in [2.24, 2.45) is 0 Å². The van der Waals surface area contributed by atoms with Crippen LogP contribution in [-0.4, -0.2) is 46.0 Å². The molecule has 0 atom stereocenters. The highest BCUT2D eigenvalue weighted by Crippen LogP contribution is 2.31. The van der Waals surface area contributed by atoms with E-state index < -0.39 is 0 Å². The molecule has 0 radical (unpaired) electrons. The number of rotatable bonds is 12. The molecule has 0 saturated heterocycles. The lowest BCUT2D eigenvalue weighted by Crippen LogP contribution is -1.89. The van der Waals surface area contributed by atoms with Crippen LogP contribution >= 0.6 is 72.3 Å². The lowest BCUT2D eigenvalue weighted by molar-refractivity contribution is 1.43. The highest BCUT2D eigenvalue weighted by atomic mass is 32.2. The fourth-order valence-electron chi connectivity index (χ4n) is 2.21. The molecule has 0 aliphatic rings. The molecule has 0 aliphatic heterocycles. The summed E-state index contributed by atoms with van der Waals surface area (Å²) in [5.74, 6) is 8.95. The van der Waals surface area contributed by atoms with Crippen LogP contribution in [0.15, 0.2) is 46.2 Å². The summed E-state index contributed by atoms with van der Waals surface area (Å²) in [6, 6.07) is 13.6. The highest BCUT2D eigenvalue weighted by Gasteiger charge is 2.03. The minimum Gasteiger partial charge on any atom is -0.179 e. The Balaban J connectivity index is 1.90. The van der Waals surface area contributed by atoms with Gasteiger partial charge in [-0.3, -0.25) is 0 Å². The zero-order valence-corrected chi connectivity index (χ0v) is 18.7. The molecule has 132 valence electrons. The van der Waals surface area contributed by atoms with E-state index in [0.29, 0.717) is 0 Å². The molecule has 2 aromatic carbocycles. The molecule has 2 rings (SSSR count). The first-order chi connectivity index (χ1) is 11.8. The van der Waals surface area contributed by atoms with Gasteiger partial charge in [-0.25, -0.2) is 0 Å². The second-order valence-electron chi connectivity index (χ2n) is 5.01. The maximum atomic E-state index is 4.26. The van der Waals surface area contributed by atoms with Crippen molar-refractivity contribution >= 4 is 83.1 Å². The van der Waals surface area contributed by atoms with Gasteiger partial charge in [-0.05, 0) is 40.5 Å². The molecular formula is C18H24S6. The number of thioether (sulfide) groups is 4. The number of thiol groups is 2. The first-order valence-electron chi connectivity index (χ1n) is 8.00. The number of hydrogen-bond acceptors (Lipinski definition) is 6. The maximum Gasteiger partial charge on any atom is 0.0151 e. The van der Waals surface area contributed by atoms with Crippen LogP contribution in [0.2, 0.25) is 0 Å². The van der Waals surface area contributed by atoms with Gasteiger partial charge in [0.15, 0.2) is 0 Å². The van der Waals surface area contributed by atoms with Crippen LogP contribution in [0.1, 0.15) is 0 Å². The van der Waals surface area contributed by atoms with Gasteiger partial charge in [0.05, 0.1) is 0 Å². The first kappa shape index (κ1) is 21.1. The molecule has 0 spiro atoms. The second-order valence-corrected chi connectivity index (χ2v) is 10.7. The van der Waals surface area contributed by atoms with Crippen molar-refractivity contribution in [3.63, 3.8) is 0 Å². The second kappa shape index (κ2) is 13.0. The van der Waals surface area contributed by atoms with Gasteiger partial charge >= 0.3 is 0 Å². The molecule has 0 amide bonds. The fraction of sp³-hybridized carbons (Fsp3) is 0.444. The van der Waals surface area contributed by atoms with Gasteiger partial charge in [-0.2, -0.15) is 48.8 Å². The van der Waals surface area contributed by atoms with E-state index in [-0.39, 0.29) is 0 Å². The fourth-order valence-corrected chi connectivity index (χ4v) is 6.61. The maximum absolute atomic E-state index is 4.26. The molecule has 0 N–H and O–H groups in total. The van der Waals surface area contributed by atoms with Crippen LogP contribution in [0.3, 0.4) is 0 Å². The van der Waals surface area contributed by atoms with E-state index in [4.69, 9.17) is 0 Å². The van der Waals surface area contributed by atoms with E-state index in [1.54, 1.807) is 0 Å². The zero-order valence-electron chi connectivity index (χ0n) is 13.6. The summed E-state index contributed by atoms with van der Waals surface area (Å²) in [6.45, 7) is 0. The van der Waals surface area contributed by atoms with Gasteiger partial charge in [0.1, 0.15) is 0 Å². The summed E-state index contributed by atoms with van der Waals surface area (Å²) in [5, 5.41) is 2.74. The molecule has 6 heteroatoms. The standard InChI is InChI=1S/C18H24S6/c19-6-8-21-10-12-23-16-4-5-17-15(14-16)2-1-3-18(17)24-13-11-22-9-7-20/h1-5,14,19-20H,6-13H2. The Morgan fingerprint density at radius 3 is 2.12 bits per heavy atom. The Hall–Kier alpha value is 0.800. The largest absolute Gasteiger partial charge is 0.179 e. The SMILES string of the molecule is SCCSCCSc1ccc2c(SCCSCCS)cccc2c1. The highest BCUT2D eigenvalue weighted by molar-refractivity contribution is 8.03. The monoisotopic (exact) mass is 432 g/mol. The van der Waals surface area contributed by atoms with E-state index in [2.05, 4.69) is 61.7 Å². The lowest BCUT2D eigenvalue weighted by atomic mass is 10.1. The van der Waals surface area contributed by atoms with Crippen molar-refractivity contribution in [3.05, 3.63) is 36.4 Å². The Bertz CT molecular complexity index is 601. The predicted molar refractivity (Wildman–Crippen MR) is 128 cm³/mol. The van der Waals surface area contributed by atoms with Crippen molar-refractivity contribution < 1.29 is 0 Å². The molecule has 0 nitrogen and oxygen atoms in total. The molecule has 0 heterocycles. The van der Waals surface area contributed by atoms with Crippen molar-refractivity contribution in [2.45, 2.75) is 9.79 Å². The molecule has 24 heavy (non-hydrogen) atoms. The van der Waals surface area contributed by atoms with Crippen molar-refractivity contribution in [1.82, 2.24) is 0 Å². The Morgan fingerprint density at radius 2 is 1.42 bits per heavy atom. The van der Waals surface area contributed by atoms with Crippen LogP contribution in [0.25, 0.3) is 10.8 Å². The van der Waals surface area contributed by atoms with E-state index in [9.17, 15) is 0 Å². The van der Waals surface area contributed by atoms with Crippen molar-refractivity contribution in [3.8, 4) is 0 Å². The molecule has 2 aromatic rings. The summed E-state index contributed by atoms with van der Waals surface area (Å²) in [6.07, 6.45) is 0. The van der Waals surface area contributed by atoms with Gasteiger partial charge in [0.25, 0.3) is 0 Å². The summed E-state index contributed by atoms with van der Waals surface area (Å²) in [4.78, 5) is 2.78. The third kappa shape index (κ3) is 7.58. The van der Waals surface area contributed by atoms with E-state index in [0.717, 1.165) is 28.8 Å². The third-order valence-corrected chi connectivity index (χ3v) is 8.88. The molecule has 0 saturated carbocycles. The van der Waals surface area contributed by atoms with Gasteiger partial charge in [0, 0.05) is 44.3 Å². The number of hydrogen-bond donors (Lipinski definition) is 2. The van der Waals surface area contributed by atoms with E-state index in [1.165, 1.54) is 37.8 Å². The van der Waals surface area contributed by atoms with E-state index >= 15 is 0 Å². The van der Waals surface area contributed by atoms with Gasteiger partial charge in [-0.1, -0.05) is 18.2 Å². The summed E-state index contributed by atoms with van der Waals surface area (Å²) >= 11 is 16.4. The number of fused-ring (bicyclic) bond motifs is 1. The van der Waals surface area contributed by atoms with Gasteiger partial charge in [-0.15, -0.1) is 23.5 Å². The van der Waals surface area contributed by atoms with Crippen LogP contribution in [0, 0.1) is 0 Å². The van der Waals surface area contributed by atoms with Crippen LogP contribution in [0.4, 0.5) is 0 Å². The van der Waals surface area contributed by atoms with Crippen LogP contribution in [0.5, 0.6) is 0 Å². The molecule has 0 aromatic heterocycles. The van der Waals surface area contributed by atoms with Crippen LogP contribution in [-0.2, 0) is 0 Å².